The van der Waals surface area contributed by atoms with Crippen molar-refractivity contribution in [1.29, 1.82) is 0 Å². The van der Waals surface area contributed by atoms with Crippen LogP contribution in [-0.4, -0.2) is 51.0 Å². The van der Waals surface area contributed by atoms with Crippen molar-refractivity contribution in [3.05, 3.63) is 29.8 Å². The van der Waals surface area contributed by atoms with Crippen molar-refractivity contribution < 1.29 is 8.42 Å². The summed E-state index contributed by atoms with van der Waals surface area (Å²) in [4.78, 5) is 0.372. The second-order valence-electron chi connectivity index (χ2n) is 6.78. The van der Waals surface area contributed by atoms with Gasteiger partial charge in [-0.05, 0) is 43.2 Å². The quantitative estimate of drug-likeness (QED) is 0.731. The molecule has 0 bridgehead atoms. The lowest BCUT2D eigenvalue weighted by atomic mass is 10.0. The van der Waals surface area contributed by atoms with Crippen LogP contribution in [-0.2, 0) is 9.84 Å². The van der Waals surface area contributed by atoms with Crippen LogP contribution in [0.3, 0.4) is 0 Å². The van der Waals surface area contributed by atoms with Gasteiger partial charge in [-0.25, -0.2) is 8.42 Å². The SMILES string of the molecule is C[C@@H](NC1CNCC(c2ccc(S(C)(=O)=O)cc2)N1)C1CCCS1. The number of thioether (sulfide) groups is 1. The molecular formula is C17H27N3O2S2. The molecule has 3 unspecified atom stereocenters. The van der Waals surface area contributed by atoms with E-state index < -0.39 is 9.84 Å². The standard InChI is InChI=1S/C17H27N3O2S2/c1-12(16-4-3-9-23-16)19-17-11-18-10-15(20-17)13-5-7-14(8-6-13)24(2,21)22/h5-8,12,15-20H,3-4,9-11H2,1-2H3/t12-,15?,16?,17?/m1/s1. The fourth-order valence-corrected chi connectivity index (χ4v) is 5.39. The number of sulfone groups is 1. The van der Waals surface area contributed by atoms with Gasteiger partial charge in [0, 0.05) is 36.7 Å². The van der Waals surface area contributed by atoms with Crippen molar-refractivity contribution in [1.82, 2.24) is 16.0 Å². The summed E-state index contributed by atoms with van der Waals surface area (Å²) in [6, 6.07) is 7.89. The van der Waals surface area contributed by atoms with Crippen LogP contribution in [0.1, 0.15) is 31.4 Å². The molecule has 4 atom stereocenters. The van der Waals surface area contributed by atoms with Crippen LogP contribution in [0.15, 0.2) is 29.2 Å². The maximum absolute atomic E-state index is 11.6. The van der Waals surface area contributed by atoms with E-state index in [9.17, 15) is 8.42 Å². The first kappa shape index (κ1) is 18.2. The van der Waals surface area contributed by atoms with E-state index in [2.05, 4.69) is 34.6 Å². The normalized spacial score (nSPS) is 29.5. The molecule has 0 amide bonds. The molecule has 0 radical (unpaired) electrons. The van der Waals surface area contributed by atoms with Crippen LogP contribution < -0.4 is 16.0 Å². The fraction of sp³-hybridized carbons (Fsp3) is 0.647. The van der Waals surface area contributed by atoms with E-state index >= 15 is 0 Å². The molecule has 1 aromatic rings. The molecule has 3 rings (SSSR count). The highest BCUT2D eigenvalue weighted by Crippen LogP contribution is 2.29. The lowest BCUT2D eigenvalue weighted by molar-refractivity contribution is 0.279. The summed E-state index contributed by atoms with van der Waals surface area (Å²) in [6.45, 7) is 4.03. The van der Waals surface area contributed by atoms with E-state index in [1.165, 1.54) is 24.9 Å². The highest BCUT2D eigenvalue weighted by Gasteiger charge is 2.27. The van der Waals surface area contributed by atoms with Gasteiger partial charge in [-0.2, -0.15) is 11.8 Å². The van der Waals surface area contributed by atoms with Gasteiger partial charge in [0.25, 0.3) is 0 Å². The van der Waals surface area contributed by atoms with E-state index in [-0.39, 0.29) is 12.2 Å². The van der Waals surface area contributed by atoms with Crippen LogP contribution in [0, 0.1) is 0 Å². The summed E-state index contributed by atoms with van der Waals surface area (Å²) in [6.07, 6.45) is 4.10. The second kappa shape index (κ2) is 7.74. The third-order valence-corrected chi connectivity index (χ3v) is 7.52. The van der Waals surface area contributed by atoms with Crippen LogP contribution in [0.2, 0.25) is 0 Å². The van der Waals surface area contributed by atoms with E-state index in [0.29, 0.717) is 16.2 Å². The van der Waals surface area contributed by atoms with Crippen molar-refractivity contribution in [2.24, 2.45) is 0 Å². The van der Waals surface area contributed by atoms with Crippen LogP contribution in [0.5, 0.6) is 0 Å². The van der Waals surface area contributed by atoms with E-state index in [4.69, 9.17) is 0 Å². The lowest BCUT2D eigenvalue weighted by Gasteiger charge is -2.35. The molecule has 5 nitrogen and oxygen atoms in total. The Kier molecular flexibility index (Phi) is 5.87. The predicted molar refractivity (Wildman–Crippen MR) is 100 cm³/mol. The van der Waals surface area contributed by atoms with Crippen molar-refractivity contribution in [3.63, 3.8) is 0 Å². The predicted octanol–water partition coefficient (Wildman–Crippen LogP) is 1.52. The summed E-state index contributed by atoms with van der Waals surface area (Å²) >= 11 is 2.07. The molecule has 2 fully saturated rings. The number of rotatable bonds is 5. The van der Waals surface area contributed by atoms with E-state index in [1.807, 2.05) is 12.1 Å². The van der Waals surface area contributed by atoms with Gasteiger partial charge in [0.05, 0.1) is 11.1 Å². The molecule has 0 saturated carbocycles. The minimum absolute atomic E-state index is 0.188. The third kappa shape index (κ3) is 4.52. The minimum atomic E-state index is -3.14. The maximum Gasteiger partial charge on any atom is 0.175 e. The lowest BCUT2D eigenvalue weighted by Crippen LogP contribution is -2.59. The zero-order chi connectivity index (χ0) is 17.2. The van der Waals surface area contributed by atoms with E-state index in [1.54, 1.807) is 12.1 Å². The highest BCUT2D eigenvalue weighted by molar-refractivity contribution is 8.00. The summed E-state index contributed by atoms with van der Waals surface area (Å²) in [7, 11) is -3.14. The number of hydrogen-bond acceptors (Lipinski definition) is 6. The molecule has 134 valence electrons. The first-order valence-corrected chi connectivity index (χ1v) is 11.5. The first-order valence-electron chi connectivity index (χ1n) is 8.58. The Bertz CT molecular complexity index is 642. The molecule has 24 heavy (non-hydrogen) atoms. The van der Waals surface area contributed by atoms with Crippen molar-refractivity contribution in [3.8, 4) is 0 Å². The average Bonchev–Trinajstić information content (AvgIpc) is 3.09. The van der Waals surface area contributed by atoms with Gasteiger partial charge in [0.15, 0.2) is 9.84 Å². The Hall–Kier alpha value is -0.600. The molecule has 7 heteroatoms. The Morgan fingerprint density at radius 3 is 2.62 bits per heavy atom. The highest BCUT2D eigenvalue weighted by atomic mass is 32.2. The molecule has 2 saturated heterocycles. The Morgan fingerprint density at radius 1 is 1.25 bits per heavy atom. The van der Waals surface area contributed by atoms with Crippen LogP contribution in [0.4, 0.5) is 0 Å². The van der Waals surface area contributed by atoms with Crippen molar-refractivity contribution in [2.75, 3.05) is 25.1 Å². The zero-order valence-corrected chi connectivity index (χ0v) is 15.9. The minimum Gasteiger partial charge on any atom is -0.312 e. The largest absolute Gasteiger partial charge is 0.312 e. The molecule has 2 heterocycles. The van der Waals surface area contributed by atoms with Crippen LogP contribution >= 0.6 is 11.8 Å². The smallest absolute Gasteiger partial charge is 0.175 e. The summed E-state index contributed by atoms with van der Waals surface area (Å²) in [5, 5.41) is 11.5. The summed E-state index contributed by atoms with van der Waals surface area (Å²) in [5.41, 5.74) is 1.12. The van der Waals surface area contributed by atoms with Gasteiger partial charge in [-0.1, -0.05) is 12.1 Å². The maximum atomic E-state index is 11.6. The Balaban J connectivity index is 1.60. The monoisotopic (exact) mass is 369 g/mol. The Labute approximate surface area is 149 Å². The van der Waals surface area contributed by atoms with Gasteiger partial charge in [-0.3, -0.25) is 10.6 Å². The second-order valence-corrected chi connectivity index (χ2v) is 10.1. The van der Waals surface area contributed by atoms with Crippen molar-refractivity contribution >= 4 is 21.6 Å². The van der Waals surface area contributed by atoms with E-state index in [0.717, 1.165) is 18.7 Å². The molecular weight excluding hydrogens is 342 g/mol. The van der Waals surface area contributed by atoms with Gasteiger partial charge >= 0.3 is 0 Å². The molecule has 0 spiro atoms. The van der Waals surface area contributed by atoms with Gasteiger partial charge in [-0.15, -0.1) is 0 Å². The summed E-state index contributed by atoms with van der Waals surface area (Å²) in [5.74, 6) is 1.28. The molecule has 2 aliphatic heterocycles. The number of hydrogen-bond donors (Lipinski definition) is 3. The zero-order valence-electron chi connectivity index (χ0n) is 14.3. The Morgan fingerprint density at radius 2 is 2.00 bits per heavy atom. The average molecular weight is 370 g/mol. The molecule has 0 aromatic heterocycles. The number of benzene rings is 1. The van der Waals surface area contributed by atoms with Gasteiger partial charge in [0.2, 0.25) is 0 Å². The topological polar surface area (TPSA) is 70.2 Å². The van der Waals surface area contributed by atoms with Gasteiger partial charge < -0.3 is 5.32 Å². The number of nitrogens with one attached hydrogen (secondary N) is 3. The first-order chi connectivity index (χ1) is 11.4. The third-order valence-electron chi connectivity index (χ3n) is 4.80. The van der Waals surface area contributed by atoms with Crippen molar-refractivity contribution in [2.45, 2.75) is 48.2 Å². The molecule has 3 N–H and O–H groups in total. The van der Waals surface area contributed by atoms with Gasteiger partial charge in [0.1, 0.15) is 0 Å². The number of piperazine rings is 1. The molecule has 1 aromatic carbocycles. The molecule has 0 aliphatic carbocycles. The van der Waals surface area contributed by atoms with Crippen LogP contribution in [0.25, 0.3) is 0 Å². The molecule has 2 aliphatic rings. The summed E-state index contributed by atoms with van der Waals surface area (Å²) < 4.78 is 23.2. The fourth-order valence-electron chi connectivity index (χ4n) is 3.42.